The minimum Gasteiger partial charge on any atom is -0.394 e. The maximum absolute atomic E-state index is 9.66. The predicted molar refractivity (Wildman–Crippen MR) is 43.2 cm³/mol. The molecule has 0 aliphatic heterocycles. The second-order valence-electron chi connectivity index (χ2n) is 2.97. The standard InChI is InChI=1S/C8H18O3/c1-3-8(11,4-2)5-7(10)6-9/h7,9-11H,3-6H2,1-2H3. The first-order valence-electron chi connectivity index (χ1n) is 4.09. The van der Waals surface area contributed by atoms with Crippen molar-refractivity contribution in [2.75, 3.05) is 6.61 Å². The summed E-state index contributed by atoms with van der Waals surface area (Å²) < 4.78 is 0. The van der Waals surface area contributed by atoms with Crippen LogP contribution < -0.4 is 0 Å². The Hall–Kier alpha value is -0.120. The van der Waals surface area contributed by atoms with E-state index >= 15 is 0 Å². The van der Waals surface area contributed by atoms with Crippen molar-refractivity contribution in [2.24, 2.45) is 0 Å². The molecular weight excluding hydrogens is 144 g/mol. The lowest BCUT2D eigenvalue weighted by Crippen LogP contribution is -2.33. The summed E-state index contributed by atoms with van der Waals surface area (Å²) in [5.41, 5.74) is -0.803. The minimum absolute atomic E-state index is 0.260. The Bertz CT molecular complexity index is 99.5. The van der Waals surface area contributed by atoms with Gasteiger partial charge in [0.25, 0.3) is 0 Å². The fourth-order valence-electron chi connectivity index (χ4n) is 1.04. The highest BCUT2D eigenvalue weighted by Crippen LogP contribution is 2.20. The van der Waals surface area contributed by atoms with Crippen LogP contribution in [-0.2, 0) is 0 Å². The summed E-state index contributed by atoms with van der Waals surface area (Å²) in [6, 6.07) is 0. The SMILES string of the molecule is CCC(O)(CC)CC(O)CO. The van der Waals surface area contributed by atoms with Crippen molar-refractivity contribution in [3.63, 3.8) is 0 Å². The number of aliphatic hydroxyl groups excluding tert-OH is 2. The monoisotopic (exact) mass is 162 g/mol. The van der Waals surface area contributed by atoms with E-state index in [9.17, 15) is 5.11 Å². The lowest BCUT2D eigenvalue weighted by Gasteiger charge is -2.26. The van der Waals surface area contributed by atoms with Gasteiger partial charge in [0.05, 0.1) is 18.3 Å². The van der Waals surface area contributed by atoms with E-state index in [4.69, 9.17) is 10.2 Å². The van der Waals surface area contributed by atoms with E-state index < -0.39 is 11.7 Å². The molecule has 1 unspecified atom stereocenters. The fourth-order valence-corrected chi connectivity index (χ4v) is 1.04. The van der Waals surface area contributed by atoms with E-state index in [0.29, 0.717) is 12.8 Å². The Balaban J connectivity index is 3.86. The largest absolute Gasteiger partial charge is 0.394 e. The molecule has 3 nitrogen and oxygen atoms in total. The van der Waals surface area contributed by atoms with E-state index in [-0.39, 0.29) is 13.0 Å². The molecule has 3 N–H and O–H groups in total. The molecule has 0 aromatic carbocycles. The van der Waals surface area contributed by atoms with Gasteiger partial charge in [0.2, 0.25) is 0 Å². The third-order valence-corrected chi connectivity index (χ3v) is 2.14. The highest BCUT2D eigenvalue weighted by Gasteiger charge is 2.25. The van der Waals surface area contributed by atoms with Gasteiger partial charge in [-0.2, -0.15) is 0 Å². The van der Waals surface area contributed by atoms with Gasteiger partial charge in [-0.05, 0) is 12.8 Å². The smallest absolute Gasteiger partial charge is 0.0798 e. The molecule has 0 amide bonds. The third kappa shape index (κ3) is 3.70. The summed E-state index contributed by atoms with van der Waals surface area (Å²) in [6.07, 6.45) is 0.692. The van der Waals surface area contributed by atoms with Gasteiger partial charge in [-0.1, -0.05) is 13.8 Å². The molecule has 0 rings (SSSR count). The lowest BCUT2D eigenvalue weighted by molar-refractivity contribution is -0.0311. The summed E-state index contributed by atoms with van der Waals surface area (Å²) >= 11 is 0. The number of aliphatic hydroxyl groups is 3. The Kier molecular flexibility index (Phi) is 4.65. The number of hydrogen-bond acceptors (Lipinski definition) is 3. The molecule has 11 heavy (non-hydrogen) atoms. The molecule has 0 radical (unpaired) electrons. The molecular formula is C8H18O3. The van der Waals surface area contributed by atoms with Crippen molar-refractivity contribution >= 4 is 0 Å². The van der Waals surface area contributed by atoms with E-state index in [1.807, 2.05) is 13.8 Å². The molecule has 1 atom stereocenters. The first kappa shape index (κ1) is 10.9. The third-order valence-electron chi connectivity index (χ3n) is 2.14. The van der Waals surface area contributed by atoms with Crippen LogP contribution in [0.5, 0.6) is 0 Å². The van der Waals surface area contributed by atoms with E-state index in [0.717, 1.165) is 0 Å². The molecule has 0 saturated heterocycles. The van der Waals surface area contributed by atoms with Crippen LogP contribution in [0.3, 0.4) is 0 Å². The van der Waals surface area contributed by atoms with Crippen molar-refractivity contribution in [2.45, 2.75) is 44.8 Å². The van der Waals surface area contributed by atoms with Crippen LogP contribution in [0.25, 0.3) is 0 Å². The van der Waals surface area contributed by atoms with Crippen LogP contribution in [0.2, 0.25) is 0 Å². The van der Waals surface area contributed by atoms with Crippen LogP contribution >= 0.6 is 0 Å². The Morgan fingerprint density at radius 3 is 2.00 bits per heavy atom. The zero-order valence-electron chi connectivity index (χ0n) is 7.25. The molecule has 0 spiro atoms. The maximum atomic E-state index is 9.66. The molecule has 3 heteroatoms. The summed E-state index contributed by atoms with van der Waals surface area (Å²) in [4.78, 5) is 0. The summed E-state index contributed by atoms with van der Waals surface area (Å²) in [5, 5.41) is 27.2. The van der Waals surface area contributed by atoms with E-state index in [1.165, 1.54) is 0 Å². The van der Waals surface area contributed by atoms with E-state index in [2.05, 4.69) is 0 Å². The van der Waals surface area contributed by atoms with Crippen LogP contribution in [0.4, 0.5) is 0 Å². The number of hydrogen-bond donors (Lipinski definition) is 3. The van der Waals surface area contributed by atoms with Gasteiger partial charge in [-0.15, -0.1) is 0 Å². The van der Waals surface area contributed by atoms with Gasteiger partial charge < -0.3 is 15.3 Å². The van der Waals surface area contributed by atoms with Gasteiger partial charge in [-0.25, -0.2) is 0 Å². The summed E-state index contributed by atoms with van der Waals surface area (Å²) in [7, 11) is 0. The normalized spacial score (nSPS) is 15.0. The van der Waals surface area contributed by atoms with Crippen LogP contribution in [0, 0.1) is 0 Å². The molecule has 0 aromatic heterocycles. The highest BCUT2D eigenvalue weighted by molar-refractivity contribution is 4.78. The minimum atomic E-state index is -0.803. The zero-order chi connectivity index (χ0) is 8.91. The second kappa shape index (κ2) is 4.70. The van der Waals surface area contributed by atoms with Crippen molar-refractivity contribution in [3.05, 3.63) is 0 Å². The molecule has 0 aliphatic rings. The molecule has 0 bridgehead atoms. The van der Waals surface area contributed by atoms with Crippen LogP contribution in [0.1, 0.15) is 33.1 Å². The highest BCUT2D eigenvalue weighted by atomic mass is 16.3. The Morgan fingerprint density at radius 2 is 1.73 bits per heavy atom. The molecule has 0 saturated carbocycles. The van der Waals surface area contributed by atoms with Gasteiger partial charge in [0.15, 0.2) is 0 Å². The topological polar surface area (TPSA) is 60.7 Å². The van der Waals surface area contributed by atoms with Crippen LogP contribution in [-0.4, -0.2) is 33.6 Å². The maximum Gasteiger partial charge on any atom is 0.0798 e. The lowest BCUT2D eigenvalue weighted by atomic mass is 9.91. The van der Waals surface area contributed by atoms with Crippen molar-refractivity contribution in [1.29, 1.82) is 0 Å². The molecule has 0 heterocycles. The van der Waals surface area contributed by atoms with Gasteiger partial charge in [0.1, 0.15) is 0 Å². The van der Waals surface area contributed by atoms with Crippen molar-refractivity contribution in [3.8, 4) is 0 Å². The van der Waals surface area contributed by atoms with Gasteiger partial charge in [-0.3, -0.25) is 0 Å². The number of rotatable bonds is 5. The summed E-state index contributed by atoms with van der Waals surface area (Å²) in [6.45, 7) is 3.46. The van der Waals surface area contributed by atoms with Crippen molar-refractivity contribution < 1.29 is 15.3 Å². The van der Waals surface area contributed by atoms with Gasteiger partial charge >= 0.3 is 0 Å². The first-order chi connectivity index (χ1) is 5.08. The average molecular weight is 162 g/mol. The molecule has 68 valence electrons. The first-order valence-corrected chi connectivity index (χ1v) is 4.09. The summed E-state index contributed by atoms with van der Waals surface area (Å²) in [5.74, 6) is 0. The van der Waals surface area contributed by atoms with Crippen molar-refractivity contribution in [1.82, 2.24) is 0 Å². The second-order valence-corrected chi connectivity index (χ2v) is 2.97. The van der Waals surface area contributed by atoms with Gasteiger partial charge in [0, 0.05) is 6.42 Å². The Labute approximate surface area is 67.7 Å². The average Bonchev–Trinajstić information content (AvgIpc) is 2.04. The Morgan fingerprint density at radius 1 is 1.27 bits per heavy atom. The van der Waals surface area contributed by atoms with E-state index in [1.54, 1.807) is 0 Å². The quantitative estimate of drug-likeness (QED) is 0.544. The molecule has 0 aliphatic carbocycles. The molecule has 0 aromatic rings. The van der Waals surface area contributed by atoms with Crippen LogP contribution in [0.15, 0.2) is 0 Å². The fraction of sp³-hybridized carbons (Fsp3) is 1.00. The predicted octanol–water partition coefficient (Wildman–Crippen LogP) is 0.281. The molecule has 0 fully saturated rings. The zero-order valence-corrected chi connectivity index (χ0v) is 7.25.